The van der Waals surface area contributed by atoms with Crippen LogP contribution in [0.25, 0.3) is 0 Å². The molecule has 1 aromatic rings. The molecule has 1 saturated heterocycles. The lowest BCUT2D eigenvalue weighted by Crippen LogP contribution is -2.34. The highest BCUT2D eigenvalue weighted by atomic mass is 16.3. The molecule has 102 valence electrons. The van der Waals surface area contributed by atoms with Gasteiger partial charge in [0, 0.05) is 32.5 Å². The molecule has 1 heterocycles. The number of para-hydroxylation sites is 1. The maximum absolute atomic E-state index is 12.0. The fourth-order valence-corrected chi connectivity index (χ4v) is 2.14. The fraction of sp³-hybridized carbons (Fsp3) is 0.429. The number of carbonyl (C=O) groups is 2. The van der Waals surface area contributed by atoms with Crippen molar-refractivity contribution >= 4 is 11.8 Å². The number of hydrogen-bond acceptors (Lipinski definition) is 3. The smallest absolute Gasteiger partial charge is 0.222 e. The monoisotopic (exact) mass is 262 g/mol. The summed E-state index contributed by atoms with van der Waals surface area (Å²) in [6, 6.07) is 7.03. The van der Waals surface area contributed by atoms with Crippen LogP contribution in [0.15, 0.2) is 24.3 Å². The number of hydrogen-bond donors (Lipinski definition) is 2. The van der Waals surface area contributed by atoms with Gasteiger partial charge in [-0.25, -0.2) is 0 Å². The molecule has 0 bridgehead atoms. The SMILES string of the molecule is O=C1CCN(C(=O)CCc2ccccc2O)CCN1. The van der Waals surface area contributed by atoms with E-state index in [2.05, 4.69) is 5.32 Å². The van der Waals surface area contributed by atoms with Gasteiger partial charge in [-0.3, -0.25) is 9.59 Å². The van der Waals surface area contributed by atoms with E-state index in [1.807, 2.05) is 12.1 Å². The van der Waals surface area contributed by atoms with Crippen LogP contribution in [0.1, 0.15) is 18.4 Å². The first kappa shape index (κ1) is 13.4. The van der Waals surface area contributed by atoms with E-state index in [-0.39, 0.29) is 17.6 Å². The van der Waals surface area contributed by atoms with Crippen molar-refractivity contribution in [3.05, 3.63) is 29.8 Å². The average Bonchev–Trinajstić information content (AvgIpc) is 2.62. The molecular weight excluding hydrogens is 244 g/mol. The summed E-state index contributed by atoms with van der Waals surface area (Å²) in [7, 11) is 0. The Hall–Kier alpha value is -2.04. The zero-order chi connectivity index (χ0) is 13.7. The van der Waals surface area contributed by atoms with E-state index in [0.717, 1.165) is 5.56 Å². The van der Waals surface area contributed by atoms with Crippen LogP contribution in [-0.4, -0.2) is 41.5 Å². The van der Waals surface area contributed by atoms with Crippen molar-refractivity contribution in [3.63, 3.8) is 0 Å². The van der Waals surface area contributed by atoms with Gasteiger partial charge < -0.3 is 15.3 Å². The predicted molar refractivity (Wildman–Crippen MR) is 70.6 cm³/mol. The first-order valence-corrected chi connectivity index (χ1v) is 6.48. The first-order valence-electron chi connectivity index (χ1n) is 6.48. The Kier molecular flexibility index (Phi) is 4.39. The van der Waals surface area contributed by atoms with Crippen molar-refractivity contribution in [1.82, 2.24) is 10.2 Å². The molecule has 0 aromatic heterocycles. The number of aromatic hydroxyl groups is 1. The van der Waals surface area contributed by atoms with Gasteiger partial charge in [0.2, 0.25) is 11.8 Å². The lowest BCUT2D eigenvalue weighted by atomic mass is 10.1. The fourth-order valence-electron chi connectivity index (χ4n) is 2.14. The van der Waals surface area contributed by atoms with Crippen LogP contribution in [0.4, 0.5) is 0 Å². The second-order valence-electron chi connectivity index (χ2n) is 4.61. The normalized spacial score (nSPS) is 15.8. The predicted octanol–water partition coefficient (Wildman–Crippen LogP) is 0.673. The van der Waals surface area contributed by atoms with Crippen molar-refractivity contribution in [1.29, 1.82) is 0 Å². The molecule has 0 saturated carbocycles. The van der Waals surface area contributed by atoms with E-state index in [1.54, 1.807) is 17.0 Å². The summed E-state index contributed by atoms with van der Waals surface area (Å²) in [6.07, 6.45) is 1.23. The van der Waals surface area contributed by atoms with Gasteiger partial charge in [-0.2, -0.15) is 0 Å². The van der Waals surface area contributed by atoms with Crippen molar-refractivity contribution in [2.45, 2.75) is 19.3 Å². The molecule has 2 amide bonds. The van der Waals surface area contributed by atoms with Crippen LogP contribution in [-0.2, 0) is 16.0 Å². The van der Waals surface area contributed by atoms with Gasteiger partial charge in [-0.15, -0.1) is 0 Å². The topological polar surface area (TPSA) is 69.6 Å². The highest BCUT2D eigenvalue weighted by Gasteiger charge is 2.18. The zero-order valence-corrected chi connectivity index (χ0v) is 10.8. The molecule has 2 N–H and O–H groups in total. The molecule has 1 aromatic carbocycles. The first-order chi connectivity index (χ1) is 9.16. The summed E-state index contributed by atoms with van der Waals surface area (Å²) in [5, 5.41) is 12.4. The quantitative estimate of drug-likeness (QED) is 0.841. The van der Waals surface area contributed by atoms with Crippen molar-refractivity contribution in [2.75, 3.05) is 19.6 Å². The summed E-state index contributed by atoms with van der Waals surface area (Å²) < 4.78 is 0. The molecule has 5 heteroatoms. The lowest BCUT2D eigenvalue weighted by molar-refractivity contribution is -0.131. The van der Waals surface area contributed by atoms with Gasteiger partial charge in [0.05, 0.1) is 0 Å². The largest absolute Gasteiger partial charge is 0.508 e. The number of aryl methyl sites for hydroxylation is 1. The molecule has 1 fully saturated rings. The van der Waals surface area contributed by atoms with Crippen LogP contribution in [0, 0.1) is 0 Å². The maximum atomic E-state index is 12.0. The minimum absolute atomic E-state index is 0.00370. The molecule has 1 aliphatic heterocycles. The molecule has 5 nitrogen and oxygen atoms in total. The second kappa shape index (κ2) is 6.22. The zero-order valence-electron chi connectivity index (χ0n) is 10.8. The number of nitrogens with zero attached hydrogens (tertiary/aromatic N) is 1. The molecule has 0 spiro atoms. The van der Waals surface area contributed by atoms with Crippen LogP contribution < -0.4 is 5.32 Å². The Balaban J connectivity index is 1.87. The average molecular weight is 262 g/mol. The summed E-state index contributed by atoms with van der Waals surface area (Å²) in [5.41, 5.74) is 0.778. The number of amides is 2. The summed E-state index contributed by atoms with van der Waals surface area (Å²) in [4.78, 5) is 24.9. The van der Waals surface area contributed by atoms with Gasteiger partial charge in [0.25, 0.3) is 0 Å². The molecule has 0 radical (unpaired) electrons. The highest BCUT2D eigenvalue weighted by Crippen LogP contribution is 2.17. The van der Waals surface area contributed by atoms with Gasteiger partial charge in [0.15, 0.2) is 0 Å². The third kappa shape index (κ3) is 3.71. The van der Waals surface area contributed by atoms with Gasteiger partial charge in [0.1, 0.15) is 5.75 Å². The van der Waals surface area contributed by atoms with Crippen molar-refractivity contribution < 1.29 is 14.7 Å². The van der Waals surface area contributed by atoms with E-state index in [1.165, 1.54) is 0 Å². The summed E-state index contributed by atoms with van der Waals surface area (Å²) in [5.74, 6) is 0.249. The molecule has 2 rings (SSSR count). The van der Waals surface area contributed by atoms with Crippen LogP contribution in [0.5, 0.6) is 5.75 Å². The molecule has 1 aliphatic rings. The molecule has 0 unspecified atom stereocenters. The number of carbonyl (C=O) groups excluding carboxylic acids is 2. The van der Waals surface area contributed by atoms with E-state index in [0.29, 0.717) is 38.9 Å². The Morgan fingerprint density at radius 3 is 2.89 bits per heavy atom. The molecule has 0 aliphatic carbocycles. The Bertz CT molecular complexity index is 474. The van der Waals surface area contributed by atoms with Gasteiger partial charge in [-0.1, -0.05) is 18.2 Å². The van der Waals surface area contributed by atoms with Gasteiger partial charge in [-0.05, 0) is 18.1 Å². The van der Waals surface area contributed by atoms with E-state index in [4.69, 9.17) is 0 Å². The maximum Gasteiger partial charge on any atom is 0.222 e. The third-order valence-electron chi connectivity index (χ3n) is 3.27. The number of nitrogens with one attached hydrogen (secondary N) is 1. The van der Waals surface area contributed by atoms with Gasteiger partial charge >= 0.3 is 0 Å². The Labute approximate surface area is 112 Å². The van der Waals surface area contributed by atoms with Crippen molar-refractivity contribution in [2.24, 2.45) is 0 Å². The van der Waals surface area contributed by atoms with Crippen LogP contribution in [0.2, 0.25) is 0 Å². The Morgan fingerprint density at radius 1 is 1.32 bits per heavy atom. The lowest BCUT2D eigenvalue weighted by Gasteiger charge is -2.19. The van der Waals surface area contributed by atoms with E-state index in [9.17, 15) is 14.7 Å². The second-order valence-corrected chi connectivity index (χ2v) is 4.61. The summed E-state index contributed by atoms with van der Waals surface area (Å²) in [6.45, 7) is 1.55. The highest BCUT2D eigenvalue weighted by molar-refractivity contribution is 5.80. The number of rotatable bonds is 3. The Morgan fingerprint density at radius 2 is 2.11 bits per heavy atom. The van der Waals surface area contributed by atoms with E-state index >= 15 is 0 Å². The van der Waals surface area contributed by atoms with Crippen molar-refractivity contribution in [3.8, 4) is 5.75 Å². The number of phenols is 1. The molecule has 19 heavy (non-hydrogen) atoms. The standard InChI is InChI=1S/C14H18N2O3/c17-12-4-2-1-3-11(12)5-6-14(19)16-9-7-13(18)15-8-10-16/h1-4,17H,5-10H2,(H,15,18). The third-order valence-corrected chi connectivity index (χ3v) is 3.27. The minimum atomic E-state index is -0.00370. The minimum Gasteiger partial charge on any atom is -0.508 e. The number of phenolic OH excluding ortho intramolecular Hbond substituents is 1. The van der Waals surface area contributed by atoms with Crippen LogP contribution in [0.3, 0.4) is 0 Å². The molecular formula is C14H18N2O3. The summed E-state index contributed by atoms with van der Waals surface area (Å²) >= 11 is 0. The van der Waals surface area contributed by atoms with Crippen LogP contribution >= 0.6 is 0 Å². The van der Waals surface area contributed by atoms with E-state index < -0.39 is 0 Å². The molecule has 0 atom stereocenters. The number of benzene rings is 1.